The molecule has 0 bridgehead atoms. The van der Waals surface area contributed by atoms with Gasteiger partial charge in [0.1, 0.15) is 10.7 Å². The number of hydrogen-bond donors (Lipinski definition) is 2. The second-order valence-electron chi connectivity index (χ2n) is 5.34. The first-order valence-electron chi connectivity index (χ1n) is 7.93. The van der Waals surface area contributed by atoms with E-state index in [1.54, 1.807) is 19.1 Å². The van der Waals surface area contributed by atoms with E-state index in [-0.39, 0.29) is 12.4 Å². The molecule has 0 unspecified atom stereocenters. The molecule has 134 valence electrons. The van der Waals surface area contributed by atoms with Gasteiger partial charge in [0.15, 0.2) is 10.9 Å². The maximum absolute atomic E-state index is 12.2. The van der Waals surface area contributed by atoms with Crippen molar-refractivity contribution < 1.29 is 18.7 Å². The summed E-state index contributed by atoms with van der Waals surface area (Å²) < 4.78 is 10.0. The van der Waals surface area contributed by atoms with Crippen molar-refractivity contribution in [1.82, 2.24) is 4.98 Å². The fraction of sp³-hybridized carbons (Fsp3) is 0.167. The molecule has 0 fully saturated rings. The summed E-state index contributed by atoms with van der Waals surface area (Å²) in [4.78, 5) is 28.4. The van der Waals surface area contributed by atoms with Crippen LogP contribution in [0.15, 0.2) is 47.1 Å². The summed E-state index contributed by atoms with van der Waals surface area (Å²) in [5.74, 6) is -0.237. The molecule has 0 spiro atoms. The second-order valence-corrected chi connectivity index (χ2v) is 6.34. The van der Waals surface area contributed by atoms with Crippen LogP contribution in [0.2, 0.25) is 0 Å². The number of carbonyl (C=O) groups excluding carboxylic acids is 2. The van der Waals surface area contributed by atoms with Crippen LogP contribution in [0, 0.1) is 6.92 Å². The van der Waals surface area contributed by atoms with Gasteiger partial charge in [-0.05, 0) is 26.0 Å². The normalized spacial score (nSPS) is 10.4. The molecule has 0 aliphatic carbocycles. The summed E-state index contributed by atoms with van der Waals surface area (Å²) in [5.41, 5.74) is 2.48. The highest BCUT2D eigenvalue weighted by atomic mass is 32.1. The van der Waals surface area contributed by atoms with Gasteiger partial charge in [-0.1, -0.05) is 41.2 Å². The van der Waals surface area contributed by atoms with Crippen LogP contribution in [0.3, 0.4) is 0 Å². The Morgan fingerprint density at radius 1 is 1.19 bits per heavy atom. The van der Waals surface area contributed by atoms with E-state index in [2.05, 4.69) is 15.6 Å². The SMILES string of the molecule is CCOC(=O)Nc1sc(NC(=O)c2ccco2)nc1-c1ccc(C)cc1. The van der Waals surface area contributed by atoms with Gasteiger partial charge >= 0.3 is 6.09 Å². The average Bonchev–Trinajstić information content (AvgIpc) is 3.26. The summed E-state index contributed by atoms with van der Waals surface area (Å²) in [6.07, 6.45) is 0.843. The largest absolute Gasteiger partial charge is 0.459 e. The number of carbonyl (C=O) groups is 2. The number of hydrogen-bond acceptors (Lipinski definition) is 6. The zero-order chi connectivity index (χ0) is 18.5. The minimum Gasteiger partial charge on any atom is -0.459 e. The highest BCUT2D eigenvalue weighted by Crippen LogP contribution is 2.36. The Morgan fingerprint density at radius 3 is 2.62 bits per heavy atom. The lowest BCUT2D eigenvalue weighted by Crippen LogP contribution is -2.12. The Bertz CT molecular complexity index is 901. The van der Waals surface area contributed by atoms with Crippen molar-refractivity contribution in [2.75, 3.05) is 17.2 Å². The number of nitrogens with zero attached hydrogens (tertiary/aromatic N) is 1. The van der Waals surface area contributed by atoms with Crippen molar-refractivity contribution in [2.45, 2.75) is 13.8 Å². The number of aryl methyl sites for hydroxylation is 1. The molecule has 1 aromatic carbocycles. The van der Waals surface area contributed by atoms with Crippen LogP contribution in [-0.4, -0.2) is 23.6 Å². The molecule has 0 aliphatic rings. The topological polar surface area (TPSA) is 93.5 Å². The lowest BCUT2D eigenvalue weighted by Gasteiger charge is -2.05. The summed E-state index contributed by atoms with van der Waals surface area (Å²) in [6.45, 7) is 3.96. The van der Waals surface area contributed by atoms with E-state index >= 15 is 0 Å². The molecule has 26 heavy (non-hydrogen) atoms. The Balaban J connectivity index is 1.90. The van der Waals surface area contributed by atoms with Gasteiger partial charge in [0.25, 0.3) is 5.91 Å². The van der Waals surface area contributed by atoms with Crippen molar-refractivity contribution in [3.63, 3.8) is 0 Å². The van der Waals surface area contributed by atoms with E-state index in [9.17, 15) is 9.59 Å². The number of anilines is 2. The minimum absolute atomic E-state index is 0.178. The van der Waals surface area contributed by atoms with Crippen molar-refractivity contribution in [3.05, 3.63) is 54.0 Å². The summed E-state index contributed by atoms with van der Waals surface area (Å²) in [5, 5.41) is 6.18. The van der Waals surface area contributed by atoms with Crippen molar-refractivity contribution >= 4 is 33.5 Å². The van der Waals surface area contributed by atoms with Crippen LogP contribution in [0.5, 0.6) is 0 Å². The lowest BCUT2D eigenvalue weighted by molar-refractivity contribution is 0.0996. The van der Waals surface area contributed by atoms with Gasteiger partial charge in [-0.15, -0.1) is 0 Å². The van der Waals surface area contributed by atoms with E-state index in [0.717, 1.165) is 22.5 Å². The highest BCUT2D eigenvalue weighted by Gasteiger charge is 2.18. The Kier molecular flexibility index (Phi) is 5.33. The highest BCUT2D eigenvalue weighted by molar-refractivity contribution is 7.20. The molecule has 7 nitrogen and oxygen atoms in total. The number of rotatable bonds is 5. The first kappa shape index (κ1) is 17.7. The molecule has 0 saturated carbocycles. The van der Waals surface area contributed by atoms with E-state index < -0.39 is 12.0 Å². The molecule has 3 aromatic rings. The Hall–Kier alpha value is -3.13. The molecule has 2 heterocycles. The summed E-state index contributed by atoms with van der Waals surface area (Å²) in [7, 11) is 0. The monoisotopic (exact) mass is 371 g/mol. The Labute approximate surface area is 154 Å². The second kappa shape index (κ2) is 7.83. The maximum atomic E-state index is 12.2. The van der Waals surface area contributed by atoms with Crippen LogP contribution in [0.1, 0.15) is 23.0 Å². The zero-order valence-corrected chi connectivity index (χ0v) is 15.1. The predicted octanol–water partition coefficient (Wildman–Crippen LogP) is 4.53. The third-order valence-corrected chi connectivity index (χ3v) is 4.29. The zero-order valence-electron chi connectivity index (χ0n) is 14.2. The van der Waals surface area contributed by atoms with Crippen LogP contribution < -0.4 is 10.6 Å². The van der Waals surface area contributed by atoms with E-state index in [1.807, 2.05) is 31.2 Å². The number of amides is 2. The smallest absolute Gasteiger partial charge is 0.412 e. The van der Waals surface area contributed by atoms with E-state index in [1.165, 1.54) is 6.26 Å². The van der Waals surface area contributed by atoms with Crippen LogP contribution in [-0.2, 0) is 4.74 Å². The molecule has 8 heteroatoms. The molecule has 0 aliphatic heterocycles. The van der Waals surface area contributed by atoms with Crippen molar-refractivity contribution in [3.8, 4) is 11.3 Å². The first-order valence-corrected chi connectivity index (χ1v) is 8.75. The molecule has 0 radical (unpaired) electrons. The van der Waals surface area contributed by atoms with Crippen molar-refractivity contribution in [1.29, 1.82) is 0 Å². The quantitative estimate of drug-likeness (QED) is 0.687. The number of thiazole rings is 1. The van der Waals surface area contributed by atoms with Gasteiger partial charge in [-0.25, -0.2) is 9.78 Å². The van der Waals surface area contributed by atoms with Gasteiger partial charge in [0, 0.05) is 5.56 Å². The number of ether oxygens (including phenoxy) is 1. The molecule has 0 saturated heterocycles. The number of benzene rings is 1. The number of furan rings is 1. The third kappa shape index (κ3) is 4.09. The summed E-state index contributed by atoms with van der Waals surface area (Å²) in [6, 6.07) is 10.9. The molecule has 0 atom stereocenters. The Morgan fingerprint density at radius 2 is 1.96 bits per heavy atom. The van der Waals surface area contributed by atoms with Gasteiger partial charge in [-0.2, -0.15) is 0 Å². The van der Waals surface area contributed by atoms with Crippen LogP contribution in [0.4, 0.5) is 14.9 Å². The van der Waals surface area contributed by atoms with Gasteiger partial charge in [0.05, 0.1) is 12.9 Å². The fourth-order valence-electron chi connectivity index (χ4n) is 2.19. The maximum Gasteiger partial charge on any atom is 0.412 e. The van der Waals surface area contributed by atoms with Crippen LogP contribution >= 0.6 is 11.3 Å². The molecule has 3 rings (SSSR count). The standard InChI is InChI=1S/C18H17N3O4S/c1-3-24-18(23)21-16-14(12-8-6-11(2)7-9-12)19-17(26-16)20-15(22)13-5-4-10-25-13/h4-10H,3H2,1-2H3,(H,21,23)(H,19,20,22). The molecular formula is C18H17N3O4S. The molecule has 2 amide bonds. The molecular weight excluding hydrogens is 354 g/mol. The number of nitrogens with one attached hydrogen (secondary N) is 2. The van der Waals surface area contributed by atoms with Gasteiger partial charge < -0.3 is 9.15 Å². The minimum atomic E-state index is -0.576. The third-order valence-electron chi connectivity index (χ3n) is 3.41. The van der Waals surface area contributed by atoms with E-state index in [0.29, 0.717) is 15.8 Å². The first-order chi connectivity index (χ1) is 12.6. The van der Waals surface area contributed by atoms with Crippen molar-refractivity contribution in [2.24, 2.45) is 0 Å². The number of aromatic nitrogens is 1. The fourth-order valence-corrected chi connectivity index (χ4v) is 3.06. The van der Waals surface area contributed by atoms with Crippen LogP contribution in [0.25, 0.3) is 11.3 Å². The molecule has 2 N–H and O–H groups in total. The molecule has 2 aromatic heterocycles. The summed E-state index contributed by atoms with van der Waals surface area (Å²) >= 11 is 1.14. The van der Waals surface area contributed by atoms with Gasteiger partial charge in [-0.3, -0.25) is 15.4 Å². The van der Waals surface area contributed by atoms with E-state index in [4.69, 9.17) is 9.15 Å². The predicted molar refractivity (Wildman–Crippen MR) is 99.6 cm³/mol. The van der Waals surface area contributed by atoms with Gasteiger partial charge in [0.2, 0.25) is 0 Å². The lowest BCUT2D eigenvalue weighted by atomic mass is 10.1. The average molecular weight is 371 g/mol.